The third-order valence-electron chi connectivity index (χ3n) is 1.92. The maximum absolute atomic E-state index is 3.35. The van der Waals surface area contributed by atoms with Gasteiger partial charge in [-0.2, -0.15) is 0 Å². The summed E-state index contributed by atoms with van der Waals surface area (Å²) in [6.45, 7) is 2.16. The van der Waals surface area contributed by atoms with Gasteiger partial charge in [0.15, 0.2) is 0 Å². The van der Waals surface area contributed by atoms with E-state index in [2.05, 4.69) is 29.9 Å². The molecule has 0 fully saturated rings. The molecule has 1 atom stereocenters. The molecule has 0 aliphatic heterocycles. The summed E-state index contributed by atoms with van der Waals surface area (Å²) < 4.78 is 1.98. The van der Waals surface area contributed by atoms with Gasteiger partial charge in [0.25, 0.3) is 0 Å². The fourth-order valence-corrected chi connectivity index (χ4v) is 1.97. The van der Waals surface area contributed by atoms with E-state index in [-0.39, 0.29) is 0 Å². The molecule has 0 spiro atoms. The van der Waals surface area contributed by atoms with Gasteiger partial charge in [0.2, 0.25) is 0 Å². The van der Waals surface area contributed by atoms with Gasteiger partial charge < -0.3 is 5.43 Å². The zero-order valence-electron chi connectivity index (χ0n) is 7.47. The molecular formula is C10H12N2S. The van der Waals surface area contributed by atoms with Gasteiger partial charge in [-0.1, -0.05) is 6.07 Å². The van der Waals surface area contributed by atoms with Gasteiger partial charge in [-0.3, -0.25) is 4.68 Å². The third-order valence-corrected chi connectivity index (χ3v) is 2.97. The van der Waals surface area contributed by atoms with Gasteiger partial charge in [-0.05, 0) is 30.5 Å². The van der Waals surface area contributed by atoms with Gasteiger partial charge in [-0.25, -0.2) is 0 Å². The minimum absolute atomic E-state index is 0.368. The lowest BCUT2D eigenvalue weighted by Crippen LogP contribution is -2.15. The molecule has 3 heteroatoms. The lowest BCUT2D eigenvalue weighted by atomic mass is 10.3. The molecule has 13 heavy (non-hydrogen) atoms. The quantitative estimate of drug-likeness (QED) is 0.791. The zero-order valence-corrected chi connectivity index (χ0v) is 8.29. The molecular weight excluding hydrogens is 180 g/mol. The topological polar surface area (TPSA) is 17.0 Å². The van der Waals surface area contributed by atoms with Gasteiger partial charge >= 0.3 is 0 Å². The van der Waals surface area contributed by atoms with Crippen LogP contribution in [-0.4, -0.2) is 4.68 Å². The van der Waals surface area contributed by atoms with E-state index in [1.165, 1.54) is 4.88 Å². The van der Waals surface area contributed by atoms with E-state index in [1.54, 1.807) is 11.3 Å². The van der Waals surface area contributed by atoms with Crippen molar-refractivity contribution in [3.05, 3.63) is 46.9 Å². The summed E-state index contributed by atoms with van der Waals surface area (Å²) in [7, 11) is 0. The fraction of sp³-hybridized carbons (Fsp3) is 0.200. The van der Waals surface area contributed by atoms with Crippen molar-refractivity contribution in [3.8, 4) is 0 Å². The van der Waals surface area contributed by atoms with Gasteiger partial charge in [-0.15, -0.1) is 11.3 Å². The largest absolute Gasteiger partial charge is 0.318 e. The number of nitrogens with one attached hydrogen (secondary N) is 1. The van der Waals surface area contributed by atoms with Crippen molar-refractivity contribution >= 4 is 11.3 Å². The monoisotopic (exact) mass is 192 g/mol. The first-order valence-corrected chi connectivity index (χ1v) is 5.17. The Bertz CT molecular complexity index is 337. The van der Waals surface area contributed by atoms with E-state index in [9.17, 15) is 0 Å². The van der Waals surface area contributed by atoms with Crippen LogP contribution in [0.5, 0.6) is 0 Å². The van der Waals surface area contributed by atoms with Crippen LogP contribution in [0.4, 0.5) is 0 Å². The molecule has 0 aliphatic carbocycles. The molecule has 0 aliphatic rings. The Morgan fingerprint density at radius 2 is 2.08 bits per heavy atom. The Hall–Kier alpha value is -1.22. The Morgan fingerprint density at radius 1 is 1.31 bits per heavy atom. The summed E-state index contributed by atoms with van der Waals surface area (Å²) in [6.07, 6.45) is 4.01. The van der Waals surface area contributed by atoms with Crippen molar-refractivity contribution in [3.63, 3.8) is 0 Å². The SMILES string of the molecule is CC(Nn1cccc1)c1cccs1. The molecule has 2 nitrogen and oxygen atoms in total. The molecule has 2 heterocycles. The summed E-state index contributed by atoms with van der Waals surface area (Å²) in [5.74, 6) is 0. The molecule has 0 amide bonds. The van der Waals surface area contributed by atoms with E-state index >= 15 is 0 Å². The van der Waals surface area contributed by atoms with Gasteiger partial charge in [0.1, 0.15) is 0 Å². The van der Waals surface area contributed by atoms with Crippen molar-refractivity contribution in [1.82, 2.24) is 4.68 Å². The standard InChI is InChI=1S/C10H12N2S/c1-9(10-5-4-8-13-10)11-12-6-2-3-7-12/h2-9,11H,1H3. The first-order valence-electron chi connectivity index (χ1n) is 4.29. The molecule has 0 bridgehead atoms. The molecule has 0 saturated heterocycles. The highest BCUT2D eigenvalue weighted by atomic mass is 32.1. The Balaban J connectivity index is 2.04. The van der Waals surface area contributed by atoms with Crippen LogP contribution in [0.1, 0.15) is 17.8 Å². The van der Waals surface area contributed by atoms with Crippen LogP contribution >= 0.6 is 11.3 Å². The summed E-state index contributed by atoms with van der Waals surface area (Å²) in [6, 6.07) is 8.61. The Labute approximate surface area is 81.8 Å². The Morgan fingerprint density at radius 3 is 2.69 bits per heavy atom. The first-order chi connectivity index (χ1) is 6.36. The molecule has 2 aromatic heterocycles. The second-order valence-corrected chi connectivity index (χ2v) is 3.94. The average molecular weight is 192 g/mol. The van der Waals surface area contributed by atoms with E-state index in [0.29, 0.717) is 6.04 Å². The predicted molar refractivity (Wildman–Crippen MR) is 56.5 cm³/mol. The lowest BCUT2D eigenvalue weighted by Gasteiger charge is -2.14. The molecule has 68 valence electrons. The molecule has 2 aromatic rings. The summed E-state index contributed by atoms with van der Waals surface area (Å²) in [5, 5.41) is 2.10. The third kappa shape index (κ3) is 1.92. The summed E-state index contributed by atoms with van der Waals surface area (Å²) in [4.78, 5) is 1.36. The first kappa shape index (κ1) is 8.38. The van der Waals surface area contributed by atoms with E-state index in [4.69, 9.17) is 0 Å². The molecule has 2 rings (SSSR count). The van der Waals surface area contributed by atoms with E-state index in [1.807, 2.05) is 29.2 Å². The van der Waals surface area contributed by atoms with Crippen molar-refractivity contribution in [2.45, 2.75) is 13.0 Å². The minimum atomic E-state index is 0.368. The van der Waals surface area contributed by atoms with E-state index < -0.39 is 0 Å². The average Bonchev–Trinajstić information content (AvgIpc) is 2.74. The predicted octanol–water partition coefficient (Wildman–Crippen LogP) is 2.85. The van der Waals surface area contributed by atoms with Crippen LogP contribution in [0.3, 0.4) is 0 Å². The van der Waals surface area contributed by atoms with Gasteiger partial charge in [0.05, 0.1) is 6.04 Å². The zero-order chi connectivity index (χ0) is 9.10. The molecule has 1 unspecified atom stereocenters. The van der Waals surface area contributed by atoms with Crippen LogP contribution in [0, 0.1) is 0 Å². The van der Waals surface area contributed by atoms with Crippen molar-refractivity contribution in [1.29, 1.82) is 0 Å². The van der Waals surface area contributed by atoms with E-state index in [0.717, 1.165) is 0 Å². The van der Waals surface area contributed by atoms with Crippen LogP contribution in [-0.2, 0) is 0 Å². The molecule has 0 saturated carbocycles. The van der Waals surface area contributed by atoms with Crippen LogP contribution in [0.25, 0.3) is 0 Å². The fourth-order valence-electron chi connectivity index (χ4n) is 1.25. The molecule has 1 N–H and O–H groups in total. The smallest absolute Gasteiger partial charge is 0.0737 e. The number of nitrogens with zero attached hydrogens (tertiary/aromatic N) is 1. The maximum Gasteiger partial charge on any atom is 0.0737 e. The molecule has 0 radical (unpaired) electrons. The molecule has 0 aromatic carbocycles. The highest BCUT2D eigenvalue weighted by Gasteiger charge is 2.04. The highest BCUT2D eigenvalue weighted by molar-refractivity contribution is 7.10. The Kier molecular flexibility index (Phi) is 2.36. The second kappa shape index (κ2) is 3.66. The summed E-state index contributed by atoms with van der Waals surface area (Å²) in [5.41, 5.74) is 3.35. The lowest BCUT2D eigenvalue weighted by molar-refractivity contribution is 0.739. The number of hydrogen-bond donors (Lipinski definition) is 1. The summed E-state index contributed by atoms with van der Waals surface area (Å²) >= 11 is 1.78. The van der Waals surface area contributed by atoms with Crippen molar-refractivity contribution in [2.24, 2.45) is 0 Å². The van der Waals surface area contributed by atoms with Crippen molar-refractivity contribution < 1.29 is 0 Å². The van der Waals surface area contributed by atoms with Crippen molar-refractivity contribution in [2.75, 3.05) is 5.43 Å². The number of rotatable bonds is 3. The number of hydrogen-bond acceptors (Lipinski definition) is 2. The van der Waals surface area contributed by atoms with Crippen LogP contribution in [0.15, 0.2) is 42.0 Å². The minimum Gasteiger partial charge on any atom is -0.318 e. The second-order valence-electron chi connectivity index (χ2n) is 2.96. The van der Waals surface area contributed by atoms with Crippen LogP contribution in [0.2, 0.25) is 0 Å². The maximum atomic E-state index is 3.35. The normalized spacial score (nSPS) is 12.7. The number of thiophene rings is 1. The number of aromatic nitrogens is 1. The van der Waals surface area contributed by atoms with Crippen LogP contribution < -0.4 is 5.43 Å². The van der Waals surface area contributed by atoms with Gasteiger partial charge in [0, 0.05) is 17.3 Å². The highest BCUT2D eigenvalue weighted by Crippen LogP contribution is 2.18.